The molecule has 0 aliphatic carbocycles. The summed E-state index contributed by atoms with van der Waals surface area (Å²) in [6.07, 6.45) is 3.84. The van der Waals surface area contributed by atoms with Crippen LogP contribution in [0.3, 0.4) is 0 Å². The molecule has 6 nitrogen and oxygen atoms in total. The van der Waals surface area contributed by atoms with Crippen molar-refractivity contribution in [2.45, 2.75) is 27.2 Å². The SMILES string of the molecule is Cc1cnc(C(=O)NCCc2ccc(-n3nc(C)cc3C)cc2)cn1. The smallest absolute Gasteiger partial charge is 0.271 e. The Balaban J connectivity index is 1.56. The first-order valence-corrected chi connectivity index (χ1v) is 8.22. The van der Waals surface area contributed by atoms with Crippen LogP contribution in [-0.4, -0.2) is 32.2 Å². The second-order valence-electron chi connectivity index (χ2n) is 6.05. The standard InChI is InChI=1S/C19H21N5O/c1-13-10-15(3)24(23-13)17-6-4-16(5-7-17)8-9-20-19(25)18-12-21-14(2)11-22-18/h4-7,10-12H,8-9H2,1-3H3,(H,20,25). The average Bonchev–Trinajstić information content (AvgIpc) is 2.94. The highest BCUT2D eigenvalue weighted by molar-refractivity contribution is 5.91. The molecule has 6 heteroatoms. The molecule has 0 radical (unpaired) electrons. The van der Waals surface area contributed by atoms with Crippen LogP contribution in [0.1, 0.15) is 33.1 Å². The van der Waals surface area contributed by atoms with E-state index in [-0.39, 0.29) is 5.91 Å². The summed E-state index contributed by atoms with van der Waals surface area (Å²) in [5, 5.41) is 7.35. The summed E-state index contributed by atoms with van der Waals surface area (Å²) in [6.45, 7) is 6.41. The molecule has 0 aliphatic rings. The van der Waals surface area contributed by atoms with E-state index in [1.165, 1.54) is 6.20 Å². The third-order valence-electron chi connectivity index (χ3n) is 3.90. The van der Waals surface area contributed by atoms with E-state index in [9.17, 15) is 4.79 Å². The second kappa shape index (κ2) is 7.25. The Hall–Kier alpha value is -3.02. The van der Waals surface area contributed by atoms with Crippen LogP contribution in [0.4, 0.5) is 0 Å². The van der Waals surface area contributed by atoms with Gasteiger partial charge < -0.3 is 5.32 Å². The fraction of sp³-hybridized carbons (Fsp3) is 0.263. The Kier molecular flexibility index (Phi) is 4.88. The third kappa shape index (κ3) is 4.09. The first-order chi connectivity index (χ1) is 12.0. The highest BCUT2D eigenvalue weighted by Gasteiger charge is 2.07. The highest BCUT2D eigenvalue weighted by Crippen LogP contribution is 2.13. The molecule has 0 spiro atoms. The van der Waals surface area contributed by atoms with E-state index in [2.05, 4.69) is 38.6 Å². The predicted molar refractivity (Wildman–Crippen MR) is 95.8 cm³/mol. The summed E-state index contributed by atoms with van der Waals surface area (Å²) in [5.41, 5.74) is 5.43. The number of amides is 1. The molecule has 0 saturated heterocycles. The monoisotopic (exact) mass is 335 g/mol. The van der Waals surface area contributed by atoms with Gasteiger partial charge in [-0.2, -0.15) is 5.10 Å². The Bertz CT molecular complexity index is 866. The van der Waals surface area contributed by atoms with E-state index in [0.717, 1.165) is 34.8 Å². The number of carbonyl (C=O) groups is 1. The van der Waals surface area contributed by atoms with Gasteiger partial charge in [0.25, 0.3) is 5.91 Å². The van der Waals surface area contributed by atoms with Crippen LogP contribution < -0.4 is 5.32 Å². The van der Waals surface area contributed by atoms with E-state index >= 15 is 0 Å². The van der Waals surface area contributed by atoms with Gasteiger partial charge in [0.1, 0.15) is 5.69 Å². The lowest BCUT2D eigenvalue weighted by Crippen LogP contribution is -2.26. The molecule has 0 atom stereocenters. The molecule has 0 aliphatic heterocycles. The lowest BCUT2D eigenvalue weighted by molar-refractivity contribution is 0.0948. The number of nitrogens with one attached hydrogen (secondary N) is 1. The molecule has 1 aromatic carbocycles. The summed E-state index contributed by atoms with van der Waals surface area (Å²) < 4.78 is 1.93. The summed E-state index contributed by atoms with van der Waals surface area (Å²) in [5.74, 6) is -0.202. The maximum atomic E-state index is 12.0. The summed E-state index contributed by atoms with van der Waals surface area (Å²) in [7, 11) is 0. The number of aryl methyl sites for hydroxylation is 3. The molecule has 1 amide bonds. The van der Waals surface area contributed by atoms with Gasteiger partial charge in [-0.15, -0.1) is 0 Å². The normalized spacial score (nSPS) is 10.7. The molecule has 0 saturated carbocycles. The molecular formula is C19H21N5O. The van der Waals surface area contributed by atoms with E-state index in [4.69, 9.17) is 0 Å². The van der Waals surface area contributed by atoms with E-state index in [0.29, 0.717) is 12.2 Å². The van der Waals surface area contributed by atoms with Crippen LogP contribution in [0.5, 0.6) is 0 Å². The van der Waals surface area contributed by atoms with Crippen LogP contribution in [-0.2, 0) is 6.42 Å². The maximum absolute atomic E-state index is 12.0. The minimum absolute atomic E-state index is 0.202. The van der Waals surface area contributed by atoms with Crippen molar-refractivity contribution in [3.8, 4) is 5.69 Å². The van der Waals surface area contributed by atoms with Crippen molar-refractivity contribution in [3.63, 3.8) is 0 Å². The number of benzene rings is 1. The van der Waals surface area contributed by atoms with Crippen molar-refractivity contribution in [2.75, 3.05) is 6.54 Å². The quantitative estimate of drug-likeness (QED) is 0.778. The van der Waals surface area contributed by atoms with Gasteiger partial charge in [-0.1, -0.05) is 12.1 Å². The molecule has 3 rings (SSSR count). The second-order valence-corrected chi connectivity index (χ2v) is 6.05. The largest absolute Gasteiger partial charge is 0.350 e. The molecule has 0 unspecified atom stereocenters. The summed E-state index contributed by atoms with van der Waals surface area (Å²) >= 11 is 0. The average molecular weight is 335 g/mol. The van der Waals surface area contributed by atoms with Crippen LogP contribution >= 0.6 is 0 Å². The third-order valence-corrected chi connectivity index (χ3v) is 3.90. The minimum Gasteiger partial charge on any atom is -0.350 e. The Labute approximate surface area is 146 Å². The van der Waals surface area contributed by atoms with Gasteiger partial charge >= 0.3 is 0 Å². The lowest BCUT2D eigenvalue weighted by Gasteiger charge is -2.07. The van der Waals surface area contributed by atoms with Crippen LogP contribution in [0.2, 0.25) is 0 Å². The minimum atomic E-state index is -0.202. The Morgan fingerprint density at radius 2 is 1.80 bits per heavy atom. The zero-order valence-electron chi connectivity index (χ0n) is 14.7. The van der Waals surface area contributed by atoms with Gasteiger partial charge in [0.15, 0.2) is 0 Å². The summed E-state index contributed by atoms with van der Waals surface area (Å²) in [4.78, 5) is 20.2. The van der Waals surface area contributed by atoms with Crippen molar-refractivity contribution >= 4 is 5.91 Å². The molecule has 2 aromatic heterocycles. The maximum Gasteiger partial charge on any atom is 0.271 e. The van der Waals surface area contributed by atoms with Crippen molar-refractivity contribution < 1.29 is 4.79 Å². The van der Waals surface area contributed by atoms with Gasteiger partial charge in [0.05, 0.1) is 23.3 Å². The predicted octanol–water partition coefficient (Wildman–Crippen LogP) is 2.56. The van der Waals surface area contributed by atoms with Crippen LogP contribution in [0.15, 0.2) is 42.7 Å². The van der Waals surface area contributed by atoms with Crippen molar-refractivity contribution in [2.24, 2.45) is 0 Å². The molecule has 0 bridgehead atoms. The fourth-order valence-electron chi connectivity index (χ4n) is 2.61. The molecule has 25 heavy (non-hydrogen) atoms. The zero-order valence-corrected chi connectivity index (χ0v) is 14.7. The molecular weight excluding hydrogens is 314 g/mol. The molecule has 2 heterocycles. The number of carbonyl (C=O) groups excluding carboxylic acids is 1. The first-order valence-electron chi connectivity index (χ1n) is 8.22. The Morgan fingerprint density at radius 3 is 2.40 bits per heavy atom. The Morgan fingerprint density at radius 1 is 1.04 bits per heavy atom. The number of rotatable bonds is 5. The van der Waals surface area contributed by atoms with E-state index < -0.39 is 0 Å². The number of hydrogen-bond acceptors (Lipinski definition) is 4. The highest BCUT2D eigenvalue weighted by atomic mass is 16.1. The van der Waals surface area contributed by atoms with Gasteiger partial charge in [0, 0.05) is 18.4 Å². The first kappa shape index (κ1) is 16.8. The van der Waals surface area contributed by atoms with Gasteiger partial charge in [-0.25, -0.2) is 9.67 Å². The van der Waals surface area contributed by atoms with Gasteiger partial charge in [-0.05, 0) is 51.0 Å². The number of hydrogen-bond donors (Lipinski definition) is 1. The van der Waals surface area contributed by atoms with Gasteiger partial charge in [-0.3, -0.25) is 9.78 Å². The van der Waals surface area contributed by atoms with Crippen LogP contribution in [0, 0.1) is 20.8 Å². The van der Waals surface area contributed by atoms with Crippen molar-refractivity contribution in [1.29, 1.82) is 0 Å². The molecule has 1 N–H and O–H groups in total. The lowest BCUT2D eigenvalue weighted by atomic mass is 10.1. The molecule has 3 aromatic rings. The molecule has 0 fully saturated rings. The topological polar surface area (TPSA) is 72.7 Å². The van der Waals surface area contributed by atoms with Crippen molar-refractivity contribution in [3.05, 3.63) is 71.1 Å². The number of nitrogens with zero attached hydrogens (tertiary/aromatic N) is 4. The van der Waals surface area contributed by atoms with Crippen LogP contribution in [0.25, 0.3) is 5.69 Å². The van der Waals surface area contributed by atoms with Crippen molar-refractivity contribution in [1.82, 2.24) is 25.1 Å². The van der Waals surface area contributed by atoms with Gasteiger partial charge in [0.2, 0.25) is 0 Å². The molecule has 128 valence electrons. The van der Waals surface area contributed by atoms with E-state index in [1.807, 2.05) is 37.6 Å². The van der Waals surface area contributed by atoms with E-state index in [1.54, 1.807) is 6.20 Å². The summed E-state index contributed by atoms with van der Waals surface area (Å²) in [6, 6.07) is 10.3. The zero-order chi connectivity index (χ0) is 17.8. The number of aromatic nitrogens is 4. The fourth-order valence-corrected chi connectivity index (χ4v) is 2.61.